The second kappa shape index (κ2) is 9.14. The summed E-state index contributed by atoms with van der Waals surface area (Å²) < 4.78 is 0. The molecule has 2 aliphatic heterocycles. The summed E-state index contributed by atoms with van der Waals surface area (Å²) in [5, 5.41) is 7.15. The molecule has 7 heteroatoms. The Balaban J connectivity index is 0.00000240. The average Bonchev–Trinajstić information content (AvgIpc) is 3.38. The van der Waals surface area contributed by atoms with Crippen molar-refractivity contribution < 1.29 is 4.79 Å². The van der Waals surface area contributed by atoms with Gasteiger partial charge in [0.05, 0.1) is 6.04 Å². The number of benzene rings is 1. The van der Waals surface area contributed by atoms with Crippen LogP contribution in [-0.4, -0.2) is 67.2 Å². The van der Waals surface area contributed by atoms with Gasteiger partial charge in [-0.2, -0.15) is 0 Å². The van der Waals surface area contributed by atoms with E-state index in [9.17, 15) is 4.79 Å². The molecular formula is C22H30Cl2N4O. The zero-order valence-corrected chi connectivity index (χ0v) is 18.7. The molecular weight excluding hydrogens is 407 g/mol. The predicted molar refractivity (Wildman–Crippen MR) is 120 cm³/mol. The van der Waals surface area contributed by atoms with Gasteiger partial charge in [-0.05, 0) is 48.9 Å². The molecule has 1 unspecified atom stereocenters. The minimum atomic E-state index is -0.197. The van der Waals surface area contributed by atoms with Crippen molar-refractivity contribution in [2.75, 3.05) is 39.3 Å². The fraction of sp³-hybridized carbons (Fsp3) is 0.591. The maximum absolute atomic E-state index is 12.5. The maximum Gasteiger partial charge on any atom is 0.318 e. The van der Waals surface area contributed by atoms with Crippen molar-refractivity contribution in [3.05, 3.63) is 34.3 Å². The summed E-state index contributed by atoms with van der Waals surface area (Å²) in [6.45, 7) is 9.78. The van der Waals surface area contributed by atoms with Gasteiger partial charge in [0.2, 0.25) is 0 Å². The van der Waals surface area contributed by atoms with Gasteiger partial charge in [-0.1, -0.05) is 30.4 Å². The molecule has 3 aliphatic rings. The third-order valence-corrected chi connectivity index (χ3v) is 6.60. The summed E-state index contributed by atoms with van der Waals surface area (Å²) in [5.41, 5.74) is 2.36. The lowest BCUT2D eigenvalue weighted by Crippen LogP contribution is -2.62. The molecule has 29 heavy (non-hydrogen) atoms. The minimum Gasteiger partial charge on any atom is -0.325 e. The number of urea groups is 1. The molecule has 158 valence electrons. The first kappa shape index (κ1) is 22.2. The molecule has 0 radical (unpaired) electrons. The van der Waals surface area contributed by atoms with Gasteiger partial charge in [-0.25, -0.2) is 4.79 Å². The highest BCUT2D eigenvalue weighted by molar-refractivity contribution is 6.31. The molecule has 1 atom stereocenters. The minimum absolute atomic E-state index is 0. The number of halogens is 2. The van der Waals surface area contributed by atoms with Gasteiger partial charge in [0.15, 0.2) is 0 Å². The summed E-state index contributed by atoms with van der Waals surface area (Å²) in [4.78, 5) is 16.9. The van der Waals surface area contributed by atoms with Crippen LogP contribution in [0.5, 0.6) is 0 Å². The summed E-state index contributed by atoms with van der Waals surface area (Å²) in [6, 6.07) is 6.42. The Hall–Kier alpha value is -1.45. The monoisotopic (exact) mass is 436 g/mol. The van der Waals surface area contributed by atoms with E-state index in [2.05, 4.69) is 40.4 Å². The fourth-order valence-corrected chi connectivity index (χ4v) is 4.19. The van der Waals surface area contributed by atoms with E-state index >= 15 is 0 Å². The van der Waals surface area contributed by atoms with E-state index in [0.29, 0.717) is 6.04 Å². The quantitative estimate of drug-likeness (QED) is 0.716. The van der Waals surface area contributed by atoms with E-state index in [1.54, 1.807) is 0 Å². The molecule has 2 saturated heterocycles. The number of amides is 2. The van der Waals surface area contributed by atoms with Gasteiger partial charge in [0.25, 0.3) is 0 Å². The van der Waals surface area contributed by atoms with Crippen LogP contribution in [0.25, 0.3) is 0 Å². The molecule has 0 bridgehead atoms. The number of piperazine rings is 1. The summed E-state index contributed by atoms with van der Waals surface area (Å²) in [5.74, 6) is 6.36. The van der Waals surface area contributed by atoms with Crippen molar-refractivity contribution in [3.63, 3.8) is 0 Å². The van der Waals surface area contributed by atoms with Crippen LogP contribution in [-0.2, 0) is 5.41 Å². The Morgan fingerprint density at radius 3 is 2.55 bits per heavy atom. The van der Waals surface area contributed by atoms with Gasteiger partial charge < -0.3 is 15.5 Å². The van der Waals surface area contributed by atoms with Crippen molar-refractivity contribution in [2.24, 2.45) is 0 Å². The third kappa shape index (κ3) is 5.19. The molecule has 1 aromatic rings. The highest BCUT2D eigenvalue weighted by atomic mass is 35.5. The lowest BCUT2D eigenvalue weighted by atomic mass is 9.96. The molecule has 5 nitrogen and oxygen atoms in total. The van der Waals surface area contributed by atoms with Gasteiger partial charge in [-0.3, -0.25) is 4.90 Å². The third-order valence-electron chi connectivity index (χ3n) is 6.27. The standard InChI is InChI=1S/C22H29ClN4O.ClH/c1-16(3-4-17-5-6-20(23)19(13-17)22(2)7-8-22)25-21(28)27-11-9-26(10-12-27)18-14-24-15-18;/h5-6,13,16,18,24H,7-12,14-15H2,1-2H3,(H,25,28);1H. The van der Waals surface area contributed by atoms with Crippen LogP contribution < -0.4 is 10.6 Å². The number of nitrogens with one attached hydrogen (secondary N) is 2. The Morgan fingerprint density at radius 1 is 1.28 bits per heavy atom. The predicted octanol–water partition coefficient (Wildman–Crippen LogP) is 2.85. The van der Waals surface area contributed by atoms with Crippen molar-refractivity contribution in [3.8, 4) is 11.8 Å². The molecule has 4 rings (SSSR count). The Bertz CT molecular complexity index is 803. The van der Waals surface area contributed by atoms with Crippen molar-refractivity contribution in [2.45, 2.75) is 44.2 Å². The molecule has 0 spiro atoms. The highest BCUT2D eigenvalue weighted by Crippen LogP contribution is 2.50. The topological polar surface area (TPSA) is 47.6 Å². The summed E-state index contributed by atoms with van der Waals surface area (Å²) in [7, 11) is 0. The smallest absolute Gasteiger partial charge is 0.318 e. The average molecular weight is 437 g/mol. The number of carbonyl (C=O) groups is 1. The van der Waals surface area contributed by atoms with Crippen molar-refractivity contribution in [1.29, 1.82) is 0 Å². The van der Waals surface area contributed by atoms with E-state index in [4.69, 9.17) is 11.6 Å². The number of nitrogens with zero attached hydrogens (tertiary/aromatic N) is 2. The maximum atomic E-state index is 12.5. The van der Waals surface area contributed by atoms with E-state index in [1.807, 2.05) is 24.0 Å². The summed E-state index contributed by atoms with van der Waals surface area (Å²) >= 11 is 6.36. The van der Waals surface area contributed by atoms with Crippen LogP contribution in [0, 0.1) is 11.8 Å². The molecule has 0 aromatic heterocycles. The fourth-order valence-electron chi connectivity index (χ4n) is 3.85. The molecule has 2 heterocycles. The van der Waals surface area contributed by atoms with Gasteiger partial charge in [-0.15, -0.1) is 12.4 Å². The molecule has 3 fully saturated rings. The molecule has 1 aromatic carbocycles. The Labute approximate surface area is 184 Å². The zero-order chi connectivity index (χ0) is 19.7. The highest BCUT2D eigenvalue weighted by Gasteiger charge is 2.40. The first-order chi connectivity index (χ1) is 13.4. The van der Waals surface area contributed by atoms with Gasteiger partial charge >= 0.3 is 6.03 Å². The van der Waals surface area contributed by atoms with Crippen LogP contribution in [0.3, 0.4) is 0 Å². The van der Waals surface area contributed by atoms with Crippen LogP contribution in [0.2, 0.25) is 5.02 Å². The Morgan fingerprint density at radius 2 is 1.97 bits per heavy atom. The largest absolute Gasteiger partial charge is 0.325 e. The van der Waals surface area contributed by atoms with E-state index in [1.165, 1.54) is 18.4 Å². The SMILES string of the molecule is CC(C#Cc1ccc(Cl)c(C2(C)CC2)c1)NC(=O)N1CCN(C2CNC2)CC1.Cl. The normalized spacial score (nSPS) is 21.8. The van der Waals surface area contributed by atoms with Gasteiger partial charge in [0.1, 0.15) is 0 Å². The van der Waals surface area contributed by atoms with Crippen LogP contribution in [0.4, 0.5) is 4.79 Å². The second-order valence-electron chi connectivity index (χ2n) is 8.53. The summed E-state index contributed by atoms with van der Waals surface area (Å²) in [6.07, 6.45) is 2.36. The molecule has 1 aliphatic carbocycles. The molecule has 2 amide bonds. The lowest BCUT2D eigenvalue weighted by Gasteiger charge is -2.43. The first-order valence-corrected chi connectivity index (χ1v) is 10.6. The van der Waals surface area contributed by atoms with Crippen LogP contribution in [0.1, 0.15) is 37.8 Å². The lowest BCUT2D eigenvalue weighted by molar-refractivity contribution is 0.0842. The van der Waals surface area contributed by atoms with Crippen LogP contribution >= 0.6 is 24.0 Å². The number of hydrogen-bond acceptors (Lipinski definition) is 3. The molecule has 1 saturated carbocycles. The molecule has 2 N–H and O–H groups in total. The van der Waals surface area contributed by atoms with E-state index in [0.717, 1.165) is 49.9 Å². The number of rotatable bonds is 3. The van der Waals surface area contributed by atoms with Crippen molar-refractivity contribution in [1.82, 2.24) is 20.4 Å². The number of carbonyl (C=O) groups excluding carboxylic acids is 1. The van der Waals surface area contributed by atoms with E-state index in [-0.39, 0.29) is 29.9 Å². The van der Waals surface area contributed by atoms with Gasteiger partial charge in [0, 0.05) is 55.9 Å². The second-order valence-corrected chi connectivity index (χ2v) is 8.94. The first-order valence-electron chi connectivity index (χ1n) is 10.3. The van der Waals surface area contributed by atoms with Crippen molar-refractivity contribution >= 4 is 30.0 Å². The van der Waals surface area contributed by atoms with Crippen LogP contribution in [0.15, 0.2) is 18.2 Å². The number of hydrogen-bond donors (Lipinski definition) is 2. The zero-order valence-electron chi connectivity index (χ0n) is 17.1. The Kier molecular flexibility index (Phi) is 7.01. The van der Waals surface area contributed by atoms with E-state index < -0.39 is 0 Å².